The van der Waals surface area contributed by atoms with Crippen LogP contribution in [0.1, 0.15) is 24.5 Å². The first kappa shape index (κ1) is 14.2. The van der Waals surface area contributed by atoms with E-state index in [1.54, 1.807) is 6.07 Å². The number of aryl methyl sites for hydroxylation is 1. The number of benzene rings is 1. The largest absolute Gasteiger partial charge is 0.438 e. The Morgan fingerprint density at radius 1 is 1.35 bits per heavy atom. The number of ether oxygens (including phenoxy) is 1. The molecule has 0 aliphatic rings. The SMILES string of the molecule is CCCc1c(NN)ncnc1Oc1cc(F)ccc1C. The number of rotatable bonds is 5. The van der Waals surface area contributed by atoms with Crippen LogP contribution in [-0.2, 0) is 6.42 Å². The zero-order valence-electron chi connectivity index (χ0n) is 11.5. The minimum absolute atomic E-state index is 0.353. The number of halogens is 1. The van der Waals surface area contributed by atoms with Crippen LogP contribution >= 0.6 is 0 Å². The quantitative estimate of drug-likeness (QED) is 0.649. The van der Waals surface area contributed by atoms with E-state index in [4.69, 9.17) is 10.6 Å². The van der Waals surface area contributed by atoms with Crippen LogP contribution < -0.4 is 16.0 Å². The molecule has 0 amide bonds. The monoisotopic (exact) mass is 276 g/mol. The van der Waals surface area contributed by atoms with Gasteiger partial charge in [0, 0.05) is 6.07 Å². The lowest BCUT2D eigenvalue weighted by Crippen LogP contribution is -2.12. The van der Waals surface area contributed by atoms with Gasteiger partial charge in [-0.3, -0.25) is 0 Å². The van der Waals surface area contributed by atoms with Gasteiger partial charge in [0.05, 0.1) is 5.56 Å². The highest BCUT2D eigenvalue weighted by molar-refractivity contribution is 5.49. The molecule has 0 unspecified atom stereocenters. The number of nitrogen functional groups attached to an aromatic ring is 1. The number of hydrazine groups is 1. The van der Waals surface area contributed by atoms with Crippen molar-refractivity contribution in [3.05, 3.63) is 41.5 Å². The van der Waals surface area contributed by atoms with E-state index in [0.717, 1.165) is 17.5 Å². The summed E-state index contributed by atoms with van der Waals surface area (Å²) in [7, 11) is 0. The predicted molar refractivity (Wildman–Crippen MR) is 75.0 cm³/mol. The van der Waals surface area contributed by atoms with E-state index >= 15 is 0 Å². The molecule has 0 spiro atoms. The maximum Gasteiger partial charge on any atom is 0.227 e. The summed E-state index contributed by atoms with van der Waals surface area (Å²) in [4.78, 5) is 8.18. The summed E-state index contributed by atoms with van der Waals surface area (Å²) in [6, 6.07) is 4.39. The van der Waals surface area contributed by atoms with E-state index in [1.165, 1.54) is 18.5 Å². The fraction of sp³-hybridized carbons (Fsp3) is 0.286. The van der Waals surface area contributed by atoms with E-state index in [-0.39, 0.29) is 5.82 Å². The first-order chi connectivity index (χ1) is 9.65. The molecule has 2 aromatic rings. The van der Waals surface area contributed by atoms with Crippen LogP contribution in [0.15, 0.2) is 24.5 Å². The number of nitrogens with one attached hydrogen (secondary N) is 1. The second kappa shape index (κ2) is 6.29. The van der Waals surface area contributed by atoms with Gasteiger partial charge in [0.15, 0.2) is 0 Å². The highest BCUT2D eigenvalue weighted by atomic mass is 19.1. The van der Waals surface area contributed by atoms with Crippen LogP contribution in [0, 0.1) is 12.7 Å². The number of nitrogens with two attached hydrogens (primary N) is 1. The van der Waals surface area contributed by atoms with Gasteiger partial charge in [-0.15, -0.1) is 0 Å². The van der Waals surface area contributed by atoms with Crippen molar-refractivity contribution in [1.29, 1.82) is 0 Å². The van der Waals surface area contributed by atoms with Gasteiger partial charge in [-0.25, -0.2) is 20.2 Å². The van der Waals surface area contributed by atoms with Crippen molar-refractivity contribution < 1.29 is 9.13 Å². The Bertz CT molecular complexity index is 604. The van der Waals surface area contributed by atoms with Gasteiger partial charge < -0.3 is 10.2 Å². The molecule has 0 saturated heterocycles. The normalized spacial score (nSPS) is 10.4. The van der Waals surface area contributed by atoms with Crippen molar-refractivity contribution in [3.63, 3.8) is 0 Å². The van der Waals surface area contributed by atoms with E-state index in [9.17, 15) is 4.39 Å². The van der Waals surface area contributed by atoms with E-state index < -0.39 is 0 Å². The van der Waals surface area contributed by atoms with Crippen molar-refractivity contribution in [1.82, 2.24) is 9.97 Å². The lowest BCUT2D eigenvalue weighted by atomic mass is 10.1. The summed E-state index contributed by atoms with van der Waals surface area (Å²) < 4.78 is 19.0. The minimum Gasteiger partial charge on any atom is -0.438 e. The van der Waals surface area contributed by atoms with Crippen molar-refractivity contribution >= 4 is 5.82 Å². The van der Waals surface area contributed by atoms with Gasteiger partial charge >= 0.3 is 0 Å². The van der Waals surface area contributed by atoms with E-state index in [0.29, 0.717) is 23.9 Å². The van der Waals surface area contributed by atoms with Crippen LogP contribution in [0.5, 0.6) is 11.6 Å². The summed E-state index contributed by atoms with van der Waals surface area (Å²) in [5, 5.41) is 0. The van der Waals surface area contributed by atoms with Gasteiger partial charge in [-0.1, -0.05) is 19.4 Å². The zero-order chi connectivity index (χ0) is 14.5. The van der Waals surface area contributed by atoms with Crippen molar-refractivity contribution in [2.45, 2.75) is 26.7 Å². The van der Waals surface area contributed by atoms with Crippen LogP contribution in [0.3, 0.4) is 0 Å². The van der Waals surface area contributed by atoms with E-state index in [1.807, 2.05) is 13.8 Å². The molecule has 1 heterocycles. The zero-order valence-corrected chi connectivity index (χ0v) is 11.5. The summed E-state index contributed by atoms with van der Waals surface area (Å²) in [5.74, 6) is 6.43. The molecule has 0 aliphatic carbocycles. The van der Waals surface area contributed by atoms with Gasteiger partial charge in [-0.2, -0.15) is 0 Å². The smallest absolute Gasteiger partial charge is 0.227 e. The third-order valence-corrected chi connectivity index (χ3v) is 2.90. The van der Waals surface area contributed by atoms with Gasteiger partial charge in [0.25, 0.3) is 0 Å². The number of nitrogens with zero attached hydrogens (tertiary/aromatic N) is 2. The molecular weight excluding hydrogens is 259 g/mol. The summed E-state index contributed by atoms with van der Waals surface area (Å²) in [6.07, 6.45) is 2.96. The molecule has 3 N–H and O–H groups in total. The van der Waals surface area contributed by atoms with Crippen LogP contribution in [0.4, 0.5) is 10.2 Å². The summed E-state index contributed by atoms with van der Waals surface area (Å²) >= 11 is 0. The van der Waals surface area contributed by atoms with Crippen LogP contribution in [-0.4, -0.2) is 9.97 Å². The summed E-state index contributed by atoms with van der Waals surface area (Å²) in [5.41, 5.74) is 4.13. The van der Waals surface area contributed by atoms with Crippen LogP contribution in [0.25, 0.3) is 0 Å². The molecular formula is C14H17FN4O. The number of anilines is 1. The second-order valence-electron chi connectivity index (χ2n) is 4.41. The Morgan fingerprint density at radius 3 is 2.85 bits per heavy atom. The maximum absolute atomic E-state index is 13.3. The van der Waals surface area contributed by atoms with Gasteiger partial charge in [-0.05, 0) is 25.0 Å². The Morgan fingerprint density at radius 2 is 2.15 bits per heavy atom. The average Bonchev–Trinajstić information content (AvgIpc) is 2.45. The fourth-order valence-electron chi connectivity index (χ4n) is 1.87. The molecule has 0 bridgehead atoms. The van der Waals surface area contributed by atoms with Gasteiger partial charge in [0.2, 0.25) is 5.88 Å². The number of hydrogen-bond acceptors (Lipinski definition) is 5. The fourth-order valence-corrected chi connectivity index (χ4v) is 1.87. The molecule has 1 aromatic carbocycles. The van der Waals surface area contributed by atoms with Crippen LogP contribution in [0.2, 0.25) is 0 Å². The average molecular weight is 276 g/mol. The van der Waals surface area contributed by atoms with Gasteiger partial charge in [0.1, 0.15) is 23.7 Å². The van der Waals surface area contributed by atoms with Crippen molar-refractivity contribution in [3.8, 4) is 11.6 Å². The van der Waals surface area contributed by atoms with E-state index in [2.05, 4.69) is 15.4 Å². The highest BCUT2D eigenvalue weighted by Crippen LogP contribution is 2.30. The molecule has 2 rings (SSSR count). The molecule has 20 heavy (non-hydrogen) atoms. The Balaban J connectivity index is 2.39. The Hall–Kier alpha value is -2.21. The number of aromatic nitrogens is 2. The maximum atomic E-state index is 13.3. The first-order valence-corrected chi connectivity index (χ1v) is 6.40. The Labute approximate surface area is 117 Å². The first-order valence-electron chi connectivity index (χ1n) is 6.40. The Kier molecular flexibility index (Phi) is 4.47. The molecule has 5 nitrogen and oxygen atoms in total. The molecule has 0 aliphatic heterocycles. The molecule has 0 saturated carbocycles. The third-order valence-electron chi connectivity index (χ3n) is 2.90. The molecule has 1 aromatic heterocycles. The standard InChI is InChI=1S/C14H17FN4O/c1-3-4-11-13(19-16)17-8-18-14(11)20-12-7-10(15)6-5-9(12)2/h5-8H,3-4,16H2,1-2H3,(H,17,18,19). The third kappa shape index (κ3) is 3.03. The second-order valence-corrected chi connectivity index (χ2v) is 4.41. The van der Waals surface area contributed by atoms with Crippen molar-refractivity contribution in [2.24, 2.45) is 5.84 Å². The predicted octanol–water partition coefficient (Wildman–Crippen LogP) is 2.95. The lowest BCUT2D eigenvalue weighted by molar-refractivity contribution is 0.446. The minimum atomic E-state index is -0.353. The molecule has 106 valence electrons. The molecule has 0 fully saturated rings. The lowest BCUT2D eigenvalue weighted by Gasteiger charge is -2.13. The molecule has 0 atom stereocenters. The highest BCUT2D eigenvalue weighted by Gasteiger charge is 2.13. The topological polar surface area (TPSA) is 73.1 Å². The molecule has 0 radical (unpaired) electrons. The molecule has 6 heteroatoms. The van der Waals surface area contributed by atoms with Crippen molar-refractivity contribution in [2.75, 3.05) is 5.43 Å². The number of hydrogen-bond donors (Lipinski definition) is 2. The summed E-state index contributed by atoms with van der Waals surface area (Å²) in [6.45, 7) is 3.88.